The molecule has 2 rings (SSSR count). The fourth-order valence-corrected chi connectivity index (χ4v) is 2.79. The Morgan fingerprint density at radius 3 is 2.90 bits per heavy atom. The largest absolute Gasteiger partial charge is 0.493 e. The van der Waals surface area contributed by atoms with Crippen LogP contribution in [-0.2, 0) is 9.53 Å². The molecule has 0 radical (unpaired) electrons. The average molecular weight is 291 g/mol. The summed E-state index contributed by atoms with van der Waals surface area (Å²) in [5.41, 5.74) is 1.23. The molecule has 116 valence electrons. The van der Waals surface area contributed by atoms with E-state index in [0.717, 1.165) is 31.7 Å². The number of benzene rings is 1. The Labute approximate surface area is 126 Å². The van der Waals surface area contributed by atoms with E-state index >= 15 is 0 Å². The van der Waals surface area contributed by atoms with E-state index in [1.807, 2.05) is 18.2 Å². The quantitative estimate of drug-likeness (QED) is 0.819. The predicted molar refractivity (Wildman–Crippen MR) is 82.6 cm³/mol. The highest BCUT2D eigenvalue weighted by molar-refractivity contribution is 5.75. The van der Waals surface area contributed by atoms with Crippen LogP contribution in [0.4, 0.5) is 0 Å². The molecule has 1 N–H and O–H groups in total. The number of nitrogens with one attached hydrogen (secondary N) is 1. The Morgan fingerprint density at radius 2 is 2.19 bits per heavy atom. The maximum absolute atomic E-state index is 11.9. The molecule has 0 spiro atoms. The fraction of sp³-hybridized carbons (Fsp3) is 0.588. The van der Waals surface area contributed by atoms with Crippen LogP contribution in [0.3, 0.4) is 0 Å². The van der Waals surface area contributed by atoms with Gasteiger partial charge in [-0.15, -0.1) is 0 Å². The molecular formula is C17H25NO3. The number of rotatable bonds is 6. The number of hydrogen-bond donors (Lipinski definition) is 1. The maximum atomic E-state index is 11.9. The molecule has 4 heteroatoms. The smallest absolute Gasteiger partial charge is 0.322 e. The second kappa shape index (κ2) is 7.46. The van der Waals surface area contributed by atoms with E-state index in [1.165, 1.54) is 12.7 Å². The van der Waals surface area contributed by atoms with Gasteiger partial charge in [0.2, 0.25) is 0 Å². The van der Waals surface area contributed by atoms with Gasteiger partial charge in [-0.25, -0.2) is 0 Å². The minimum atomic E-state index is -0.231. The fourth-order valence-electron chi connectivity index (χ4n) is 2.79. The molecule has 0 aromatic heterocycles. The molecule has 0 aliphatic carbocycles. The highest BCUT2D eigenvalue weighted by Gasteiger charge is 2.25. The number of hydrogen-bond acceptors (Lipinski definition) is 4. The lowest BCUT2D eigenvalue weighted by Gasteiger charge is -2.28. The molecule has 1 aliphatic rings. The van der Waals surface area contributed by atoms with Gasteiger partial charge in [0.25, 0.3) is 0 Å². The standard InChI is InChI=1S/C17H25NO3/c1-12(2)10-15(17(19)20-3)18-11-13-8-9-21-16-7-5-4-6-14(13)16/h4-7,12-13,15,18H,8-11H2,1-3H3. The van der Waals surface area contributed by atoms with E-state index in [0.29, 0.717) is 11.8 Å². The van der Waals surface area contributed by atoms with E-state index in [4.69, 9.17) is 9.47 Å². The number of methoxy groups -OCH3 is 1. The average Bonchev–Trinajstić information content (AvgIpc) is 2.50. The van der Waals surface area contributed by atoms with Gasteiger partial charge in [0.1, 0.15) is 11.8 Å². The summed E-state index contributed by atoms with van der Waals surface area (Å²) in [6, 6.07) is 7.91. The van der Waals surface area contributed by atoms with Crippen molar-refractivity contribution in [3.63, 3.8) is 0 Å². The molecule has 1 aromatic rings. The summed E-state index contributed by atoms with van der Waals surface area (Å²) in [7, 11) is 1.45. The summed E-state index contributed by atoms with van der Waals surface area (Å²) in [6.45, 7) is 5.73. The van der Waals surface area contributed by atoms with E-state index in [2.05, 4.69) is 25.2 Å². The van der Waals surface area contributed by atoms with Gasteiger partial charge in [-0.1, -0.05) is 32.0 Å². The zero-order chi connectivity index (χ0) is 15.2. The van der Waals surface area contributed by atoms with Gasteiger partial charge < -0.3 is 14.8 Å². The van der Waals surface area contributed by atoms with Crippen molar-refractivity contribution >= 4 is 5.97 Å². The summed E-state index contributed by atoms with van der Waals surface area (Å²) in [5, 5.41) is 3.38. The Balaban J connectivity index is 1.99. The van der Waals surface area contributed by atoms with Gasteiger partial charge >= 0.3 is 5.97 Å². The van der Waals surface area contributed by atoms with Crippen molar-refractivity contribution in [1.82, 2.24) is 5.32 Å². The van der Waals surface area contributed by atoms with E-state index in [1.54, 1.807) is 0 Å². The zero-order valence-electron chi connectivity index (χ0n) is 13.1. The third-order valence-corrected chi connectivity index (χ3v) is 3.89. The highest BCUT2D eigenvalue weighted by Crippen LogP contribution is 2.32. The van der Waals surface area contributed by atoms with Crippen molar-refractivity contribution in [3.05, 3.63) is 29.8 Å². The van der Waals surface area contributed by atoms with Crippen LogP contribution in [-0.4, -0.2) is 32.3 Å². The maximum Gasteiger partial charge on any atom is 0.322 e. The lowest BCUT2D eigenvalue weighted by molar-refractivity contribution is -0.143. The molecule has 1 heterocycles. The van der Waals surface area contributed by atoms with Crippen molar-refractivity contribution in [2.75, 3.05) is 20.3 Å². The van der Waals surface area contributed by atoms with E-state index in [9.17, 15) is 4.79 Å². The summed E-state index contributed by atoms with van der Waals surface area (Å²) in [4.78, 5) is 11.9. The van der Waals surface area contributed by atoms with Crippen molar-refractivity contribution in [2.45, 2.75) is 38.6 Å². The van der Waals surface area contributed by atoms with Crippen LogP contribution >= 0.6 is 0 Å². The Morgan fingerprint density at radius 1 is 1.43 bits per heavy atom. The van der Waals surface area contributed by atoms with Crippen LogP contribution in [0.25, 0.3) is 0 Å². The van der Waals surface area contributed by atoms with Crippen LogP contribution < -0.4 is 10.1 Å². The monoisotopic (exact) mass is 291 g/mol. The molecular weight excluding hydrogens is 266 g/mol. The molecule has 2 unspecified atom stereocenters. The highest BCUT2D eigenvalue weighted by atomic mass is 16.5. The third-order valence-electron chi connectivity index (χ3n) is 3.89. The Hall–Kier alpha value is -1.55. The van der Waals surface area contributed by atoms with Crippen molar-refractivity contribution in [2.24, 2.45) is 5.92 Å². The van der Waals surface area contributed by atoms with Gasteiger partial charge in [-0.2, -0.15) is 0 Å². The first-order chi connectivity index (χ1) is 10.1. The first-order valence-corrected chi connectivity index (χ1v) is 7.64. The lowest BCUT2D eigenvalue weighted by Crippen LogP contribution is -2.41. The van der Waals surface area contributed by atoms with Gasteiger partial charge in [-0.3, -0.25) is 4.79 Å². The summed E-state index contributed by atoms with van der Waals surface area (Å²) in [6.07, 6.45) is 1.76. The van der Waals surface area contributed by atoms with E-state index in [-0.39, 0.29) is 12.0 Å². The summed E-state index contributed by atoms with van der Waals surface area (Å²) >= 11 is 0. The summed E-state index contributed by atoms with van der Waals surface area (Å²) in [5.74, 6) is 1.62. The number of ether oxygens (including phenoxy) is 2. The molecule has 0 saturated heterocycles. The molecule has 0 fully saturated rings. The number of para-hydroxylation sites is 1. The topological polar surface area (TPSA) is 47.6 Å². The normalized spacial score (nSPS) is 18.8. The van der Waals surface area contributed by atoms with Gasteiger partial charge in [0.15, 0.2) is 0 Å². The number of fused-ring (bicyclic) bond motifs is 1. The van der Waals surface area contributed by atoms with Crippen molar-refractivity contribution < 1.29 is 14.3 Å². The van der Waals surface area contributed by atoms with E-state index < -0.39 is 0 Å². The number of carbonyl (C=O) groups is 1. The Kier molecular flexibility index (Phi) is 5.62. The molecule has 21 heavy (non-hydrogen) atoms. The molecule has 1 aliphatic heterocycles. The Bertz CT molecular complexity index is 473. The second-order valence-electron chi connectivity index (χ2n) is 5.99. The minimum absolute atomic E-state index is 0.177. The number of carbonyl (C=O) groups excluding carboxylic acids is 1. The van der Waals surface area contributed by atoms with Crippen LogP contribution in [0.5, 0.6) is 5.75 Å². The van der Waals surface area contributed by atoms with Gasteiger partial charge in [0.05, 0.1) is 13.7 Å². The van der Waals surface area contributed by atoms with Gasteiger partial charge in [-0.05, 0) is 30.4 Å². The molecule has 0 bridgehead atoms. The molecule has 0 amide bonds. The number of esters is 1. The minimum Gasteiger partial charge on any atom is -0.493 e. The molecule has 2 atom stereocenters. The van der Waals surface area contributed by atoms with Crippen LogP contribution in [0.2, 0.25) is 0 Å². The van der Waals surface area contributed by atoms with Gasteiger partial charge in [0, 0.05) is 12.5 Å². The summed E-state index contributed by atoms with van der Waals surface area (Å²) < 4.78 is 10.6. The molecule has 0 saturated carbocycles. The SMILES string of the molecule is COC(=O)C(CC(C)C)NCC1CCOc2ccccc21. The molecule has 4 nitrogen and oxygen atoms in total. The zero-order valence-corrected chi connectivity index (χ0v) is 13.1. The van der Waals surface area contributed by atoms with Crippen LogP contribution in [0.15, 0.2) is 24.3 Å². The first-order valence-electron chi connectivity index (χ1n) is 7.64. The van der Waals surface area contributed by atoms with Crippen LogP contribution in [0, 0.1) is 5.92 Å². The molecule has 1 aromatic carbocycles. The lowest BCUT2D eigenvalue weighted by atomic mass is 9.92. The second-order valence-corrected chi connectivity index (χ2v) is 5.99. The first kappa shape index (κ1) is 15.8. The van der Waals surface area contributed by atoms with Crippen molar-refractivity contribution in [3.8, 4) is 5.75 Å². The van der Waals surface area contributed by atoms with Crippen molar-refractivity contribution in [1.29, 1.82) is 0 Å². The van der Waals surface area contributed by atoms with Crippen LogP contribution in [0.1, 0.15) is 38.2 Å². The third kappa shape index (κ3) is 4.21. The predicted octanol–water partition coefficient (Wildman–Crippen LogP) is 2.73.